The lowest BCUT2D eigenvalue weighted by molar-refractivity contribution is -0.157. The van der Waals surface area contributed by atoms with Gasteiger partial charge in [0.1, 0.15) is 24.7 Å². The third-order valence-corrected chi connectivity index (χ3v) is 4.56. The van der Waals surface area contributed by atoms with Gasteiger partial charge in [-0.2, -0.15) is 13.2 Å². The number of carbonyl (C=O) groups is 1. The Balaban J connectivity index is 1.83. The molecule has 2 aromatic rings. The standard InChI is InChI=1S/C13H13F3N4OS/c1-19(11-10-8(3-5-22-10)17-7-18-11)9-2-4-20(12(9)21)6-13(14,15)16/h3,5,7,9H,2,4,6H2,1H3. The molecule has 0 saturated carbocycles. The lowest BCUT2D eigenvalue weighted by atomic mass is 10.2. The molecule has 1 fully saturated rings. The molecule has 0 aromatic carbocycles. The number of hydrogen-bond acceptors (Lipinski definition) is 5. The van der Waals surface area contributed by atoms with Gasteiger partial charge in [0.15, 0.2) is 0 Å². The van der Waals surface area contributed by atoms with Crippen molar-refractivity contribution in [2.75, 3.05) is 25.0 Å². The minimum atomic E-state index is -4.38. The highest BCUT2D eigenvalue weighted by atomic mass is 32.1. The maximum absolute atomic E-state index is 12.5. The summed E-state index contributed by atoms with van der Waals surface area (Å²) in [6.07, 6.45) is -2.63. The van der Waals surface area contributed by atoms with Crippen LogP contribution in [0, 0.1) is 0 Å². The van der Waals surface area contributed by atoms with Crippen LogP contribution in [0.5, 0.6) is 0 Å². The van der Waals surface area contributed by atoms with Crippen molar-refractivity contribution in [1.29, 1.82) is 0 Å². The van der Waals surface area contributed by atoms with Crippen LogP contribution in [-0.4, -0.2) is 53.1 Å². The predicted octanol–water partition coefficient (Wildman–Crippen LogP) is 2.29. The van der Waals surface area contributed by atoms with Crippen LogP contribution < -0.4 is 4.90 Å². The number of hydrogen-bond donors (Lipinski definition) is 0. The number of likely N-dealkylation sites (tertiary alicyclic amines) is 1. The second-order valence-electron chi connectivity index (χ2n) is 5.12. The van der Waals surface area contributed by atoms with Crippen molar-refractivity contribution >= 4 is 33.3 Å². The van der Waals surface area contributed by atoms with Crippen LogP contribution >= 0.6 is 11.3 Å². The van der Waals surface area contributed by atoms with Crippen LogP contribution in [0.25, 0.3) is 10.2 Å². The van der Waals surface area contributed by atoms with Gasteiger partial charge in [-0.15, -0.1) is 11.3 Å². The van der Waals surface area contributed by atoms with Gasteiger partial charge in [-0.05, 0) is 17.9 Å². The Kier molecular flexibility index (Phi) is 3.67. The summed E-state index contributed by atoms with van der Waals surface area (Å²) in [5, 5.41) is 1.86. The lowest BCUT2D eigenvalue weighted by Crippen LogP contribution is -2.43. The summed E-state index contributed by atoms with van der Waals surface area (Å²) in [7, 11) is 1.68. The second kappa shape index (κ2) is 5.38. The van der Waals surface area contributed by atoms with Crippen molar-refractivity contribution < 1.29 is 18.0 Å². The van der Waals surface area contributed by atoms with Crippen molar-refractivity contribution in [2.24, 2.45) is 0 Å². The van der Waals surface area contributed by atoms with E-state index in [4.69, 9.17) is 0 Å². The monoisotopic (exact) mass is 330 g/mol. The van der Waals surface area contributed by atoms with Crippen LogP contribution in [0.1, 0.15) is 6.42 Å². The largest absolute Gasteiger partial charge is 0.406 e. The maximum atomic E-state index is 12.5. The first-order chi connectivity index (χ1) is 10.4. The highest BCUT2D eigenvalue weighted by Crippen LogP contribution is 2.31. The summed E-state index contributed by atoms with van der Waals surface area (Å²) in [6, 6.07) is 1.22. The maximum Gasteiger partial charge on any atom is 0.406 e. The Morgan fingerprint density at radius 3 is 2.95 bits per heavy atom. The molecule has 5 nitrogen and oxygen atoms in total. The second-order valence-corrected chi connectivity index (χ2v) is 6.04. The van der Waals surface area contributed by atoms with E-state index in [2.05, 4.69) is 9.97 Å². The van der Waals surface area contributed by atoms with Gasteiger partial charge in [-0.25, -0.2) is 9.97 Å². The lowest BCUT2D eigenvalue weighted by Gasteiger charge is -2.25. The van der Waals surface area contributed by atoms with Crippen LogP contribution in [-0.2, 0) is 4.79 Å². The first-order valence-electron chi connectivity index (χ1n) is 6.63. The van der Waals surface area contributed by atoms with Crippen molar-refractivity contribution in [2.45, 2.75) is 18.6 Å². The number of carbonyl (C=O) groups excluding carboxylic acids is 1. The molecule has 0 bridgehead atoms. The molecule has 9 heteroatoms. The number of halogens is 3. The normalized spacial score (nSPS) is 19.2. The summed E-state index contributed by atoms with van der Waals surface area (Å²) < 4.78 is 38.2. The van der Waals surface area contributed by atoms with Gasteiger partial charge >= 0.3 is 6.18 Å². The number of aromatic nitrogens is 2. The Bertz CT molecular complexity index is 702. The fourth-order valence-electron chi connectivity index (χ4n) is 2.63. The molecule has 0 aliphatic carbocycles. The zero-order chi connectivity index (χ0) is 15.9. The summed E-state index contributed by atoms with van der Waals surface area (Å²) in [5.74, 6) is 0.0651. The number of nitrogens with zero attached hydrogens (tertiary/aromatic N) is 4. The molecule has 0 radical (unpaired) electrons. The van der Waals surface area contributed by atoms with Crippen molar-refractivity contribution in [3.05, 3.63) is 17.8 Å². The van der Waals surface area contributed by atoms with Crippen LogP contribution in [0.15, 0.2) is 17.8 Å². The molecule has 1 unspecified atom stereocenters. The van der Waals surface area contributed by atoms with E-state index in [9.17, 15) is 18.0 Å². The van der Waals surface area contributed by atoms with Gasteiger partial charge in [0.25, 0.3) is 0 Å². The minimum Gasteiger partial charge on any atom is -0.346 e. The van der Waals surface area contributed by atoms with Gasteiger partial charge < -0.3 is 9.80 Å². The molecule has 1 aliphatic rings. The molecule has 2 aromatic heterocycles. The number of rotatable bonds is 3. The van der Waals surface area contributed by atoms with E-state index in [1.165, 1.54) is 17.7 Å². The van der Waals surface area contributed by atoms with Crippen LogP contribution in [0.2, 0.25) is 0 Å². The number of anilines is 1. The van der Waals surface area contributed by atoms with Gasteiger partial charge in [-0.3, -0.25) is 4.79 Å². The highest BCUT2D eigenvalue weighted by molar-refractivity contribution is 7.17. The molecule has 3 heterocycles. The predicted molar refractivity (Wildman–Crippen MR) is 76.9 cm³/mol. The van der Waals surface area contributed by atoms with Crippen molar-refractivity contribution in [3.8, 4) is 0 Å². The van der Waals surface area contributed by atoms with E-state index in [-0.39, 0.29) is 6.54 Å². The third kappa shape index (κ3) is 2.72. The van der Waals surface area contributed by atoms with Gasteiger partial charge in [0.05, 0.1) is 10.2 Å². The summed E-state index contributed by atoms with van der Waals surface area (Å²) in [4.78, 5) is 23.0. The molecule has 0 N–H and O–H groups in total. The van der Waals surface area contributed by atoms with E-state index in [1.807, 2.05) is 11.4 Å². The molecule has 0 spiro atoms. The highest BCUT2D eigenvalue weighted by Gasteiger charge is 2.41. The van der Waals surface area contributed by atoms with Gasteiger partial charge in [0, 0.05) is 13.6 Å². The van der Waals surface area contributed by atoms with E-state index in [0.717, 1.165) is 15.1 Å². The van der Waals surface area contributed by atoms with E-state index < -0.39 is 24.7 Å². The minimum absolute atomic E-state index is 0.103. The average molecular weight is 330 g/mol. The number of fused-ring (bicyclic) bond motifs is 1. The summed E-state index contributed by atoms with van der Waals surface area (Å²) >= 11 is 1.44. The quantitative estimate of drug-likeness (QED) is 0.866. The zero-order valence-corrected chi connectivity index (χ0v) is 12.5. The fraction of sp³-hybridized carbons (Fsp3) is 0.462. The van der Waals surface area contributed by atoms with Gasteiger partial charge in [0.2, 0.25) is 5.91 Å². The smallest absolute Gasteiger partial charge is 0.346 e. The van der Waals surface area contributed by atoms with E-state index >= 15 is 0 Å². The van der Waals surface area contributed by atoms with Crippen LogP contribution in [0.4, 0.5) is 19.0 Å². The SMILES string of the molecule is CN(c1ncnc2ccsc12)C1CCN(CC(F)(F)F)C1=O. The number of likely N-dealkylation sites (N-methyl/N-ethyl adjacent to an activating group) is 1. The third-order valence-electron chi connectivity index (χ3n) is 3.67. The number of thiophene rings is 1. The molecule has 1 amide bonds. The Labute approximate surface area is 128 Å². The zero-order valence-electron chi connectivity index (χ0n) is 11.7. The van der Waals surface area contributed by atoms with Gasteiger partial charge in [-0.1, -0.05) is 0 Å². The van der Waals surface area contributed by atoms with E-state index in [0.29, 0.717) is 12.2 Å². The first-order valence-corrected chi connectivity index (χ1v) is 7.51. The Morgan fingerprint density at radius 1 is 1.45 bits per heavy atom. The first kappa shape index (κ1) is 15.0. The Hall–Kier alpha value is -1.90. The molecule has 1 saturated heterocycles. The molecule has 1 aliphatic heterocycles. The van der Waals surface area contributed by atoms with Crippen molar-refractivity contribution in [3.63, 3.8) is 0 Å². The average Bonchev–Trinajstić information content (AvgIpc) is 3.04. The molecular weight excluding hydrogens is 317 g/mol. The summed E-state index contributed by atoms with van der Waals surface area (Å²) in [6.45, 7) is -1.10. The number of alkyl halides is 3. The van der Waals surface area contributed by atoms with E-state index in [1.54, 1.807) is 11.9 Å². The molecule has 3 rings (SSSR count). The molecule has 22 heavy (non-hydrogen) atoms. The topological polar surface area (TPSA) is 49.3 Å². The fourth-order valence-corrected chi connectivity index (χ4v) is 3.51. The summed E-state index contributed by atoms with van der Waals surface area (Å²) in [5.41, 5.74) is 0.763. The molecular formula is C13H13F3N4OS. The Morgan fingerprint density at radius 2 is 2.23 bits per heavy atom. The van der Waals surface area contributed by atoms with Crippen molar-refractivity contribution in [1.82, 2.24) is 14.9 Å². The molecule has 1 atom stereocenters. The number of amides is 1. The van der Waals surface area contributed by atoms with Crippen LogP contribution in [0.3, 0.4) is 0 Å². The molecule has 118 valence electrons.